The SMILES string of the molecule is CC(C)CC(C)C1CCC2C3CCC4CC(c5ccc(OOCc6ccc7c(c6)C(=O)OC7=O)cc5)(c5cccc(OC(=O)c6ccc7c(c6)C(=O)OC7=O)c5)CCC4(C)C3CCC12C. The number of esters is 5. The van der Waals surface area contributed by atoms with E-state index in [0.29, 0.717) is 34.3 Å². The van der Waals surface area contributed by atoms with Gasteiger partial charge in [-0.3, -0.25) is 0 Å². The van der Waals surface area contributed by atoms with Crippen LogP contribution in [-0.4, -0.2) is 29.8 Å². The summed E-state index contributed by atoms with van der Waals surface area (Å²) >= 11 is 0. The molecule has 0 N–H and O–H groups in total. The Balaban J connectivity index is 0.913. The summed E-state index contributed by atoms with van der Waals surface area (Å²) in [5, 5.41) is 0. The molecule has 65 heavy (non-hydrogen) atoms. The van der Waals surface area contributed by atoms with Crippen molar-refractivity contribution in [2.24, 2.45) is 52.3 Å². The normalized spacial score (nSPS) is 30.4. The maximum atomic E-state index is 13.6. The van der Waals surface area contributed by atoms with E-state index in [4.69, 9.17) is 24.0 Å². The summed E-state index contributed by atoms with van der Waals surface area (Å²) in [5.41, 5.74) is 3.94. The number of cyclic esters (lactones) is 4. The molecule has 6 aliphatic rings. The van der Waals surface area contributed by atoms with Gasteiger partial charge in [0.25, 0.3) is 0 Å². The molecule has 0 amide bonds. The van der Waals surface area contributed by atoms with Crippen LogP contribution in [0.25, 0.3) is 0 Å². The quantitative estimate of drug-likeness (QED) is 0.0471. The van der Waals surface area contributed by atoms with Crippen molar-refractivity contribution in [2.75, 3.05) is 0 Å². The fraction of sp³-hybridized carbons (Fsp3) is 0.473. The lowest BCUT2D eigenvalue weighted by molar-refractivity contribution is -0.217. The summed E-state index contributed by atoms with van der Waals surface area (Å²) in [6.45, 7) is 12.6. The molecule has 9 atom stereocenters. The van der Waals surface area contributed by atoms with Crippen molar-refractivity contribution < 1.29 is 48.0 Å². The highest BCUT2D eigenvalue weighted by Gasteiger charge is 2.62. The van der Waals surface area contributed by atoms with Crippen molar-refractivity contribution in [3.8, 4) is 11.5 Å². The smallest absolute Gasteiger partial charge is 0.346 e. The fourth-order valence-electron chi connectivity index (χ4n) is 14.3. The standard InChI is InChI=1S/C55H58O10/c1-31(2)25-32(3)45-19-20-46-42-18-13-37-29-55(24-23-53(37,4)47(42)21-22-54(45,46)5,35-11-14-38(15-12-35)65-61-30-33-9-16-40-43(26-33)51(59)63-49(40)57)36-7-6-8-39(28-36)62-48(56)34-10-17-41-44(27-34)52(60)64-50(41)58/h6-12,14-17,26-28,31-32,37,42,45-47H,13,18-25,29-30H2,1-5H3. The van der Waals surface area contributed by atoms with Gasteiger partial charge in [0, 0.05) is 5.41 Å². The largest absolute Gasteiger partial charge is 0.423 e. The number of rotatable bonds is 11. The predicted molar refractivity (Wildman–Crippen MR) is 240 cm³/mol. The van der Waals surface area contributed by atoms with Crippen molar-refractivity contribution in [1.29, 1.82) is 0 Å². The van der Waals surface area contributed by atoms with Crippen LogP contribution in [0.2, 0.25) is 0 Å². The van der Waals surface area contributed by atoms with Crippen LogP contribution in [0.1, 0.15) is 167 Å². The molecule has 4 saturated carbocycles. The van der Waals surface area contributed by atoms with Crippen LogP contribution in [0.4, 0.5) is 0 Å². The van der Waals surface area contributed by atoms with E-state index in [9.17, 15) is 24.0 Å². The van der Waals surface area contributed by atoms with Crippen LogP contribution >= 0.6 is 0 Å². The van der Waals surface area contributed by atoms with Gasteiger partial charge in [0.15, 0.2) is 5.75 Å². The Kier molecular flexibility index (Phi) is 10.9. The van der Waals surface area contributed by atoms with E-state index in [0.717, 1.165) is 60.0 Å². The minimum absolute atomic E-state index is 0.0542. The maximum absolute atomic E-state index is 13.6. The van der Waals surface area contributed by atoms with Gasteiger partial charge in [0.05, 0.1) is 27.8 Å². The Morgan fingerprint density at radius 2 is 1.35 bits per heavy atom. The first kappa shape index (κ1) is 43.3. The van der Waals surface area contributed by atoms with E-state index in [-0.39, 0.29) is 45.3 Å². The second-order valence-electron chi connectivity index (χ2n) is 21.1. The molecular weight excluding hydrogens is 821 g/mol. The van der Waals surface area contributed by atoms with Gasteiger partial charge < -0.3 is 19.1 Å². The van der Waals surface area contributed by atoms with Crippen LogP contribution < -0.4 is 9.62 Å². The molecule has 338 valence electrons. The molecule has 0 bridgehead atoms. The number of carbonyl (C=O) groups is 5. The lowest BCUT2D eigenvalue weighted by Crippen LogP contribution is -2.55. The van der Waals surface area contributed by atoms with Crippen molar-refractivity contribution in [3.63, 3.8) is 0 Å². The summed E-state index contributed by atoms with van der Waals surface area (Å²) in [7, 11) is 0. The zero-order valence-electron chi connectivity index (χ0n) is 38.0. The number of hydrogen-bond acceptors (Lipinski definition) is 10. The molecule has 4 aromatic carbocycles. The van der Waals surface area contributed by atoms with Crippen LogP contribution in [0.15, 0.2) is 84.9 Å². The van der Waals surface area contributed by atoms with Gasteiger partial charge in [-0.1, -0.05) is 65.0 Å². The second-order valence-corrected chi connectivity index (χ2v) is 21.1. The molecule has 4 fully saturated rings. The van der Waals surface area contributed by atoms with Crippen LogP contribution in [0, 0.1) is 52.3 Å². The third-order valence-electron chi connectivity index (χ3n) is 17.3. The van der Waals surface area contributed by atoms with Crippen molar-refractivity contribution in [1.82, 2.24) is 0 Å². The van der Waals surface area contributed by atoms with Gasteiger partial charge in [-0.25, -0.2) is 24.0 Å². The van der Waals surface area contributed by atoms with E-state index in [1.54, 1.807) is 24.3 Å². The topological polar surface area (TPSA) is 132 Å². The molecule has 10 heteroatoms. The third-order valence-corrected chi connectivity index (χ3v) is 17.3. The van der Waals surface area contributed by atoms with Gasteiger partial charge in [-0.2, -0.15) is 4.89 Å². The van der Waals surface area contributed by atoms with Crippen molar-refractivity contribution in [3.05, 3.63) is 129 Å². The fourth-order valence-corrected chi connectivity index (χ4v) is 14.3. The Hall–Kier alpha value is -5.61. The zero-order valence-corrected chi connectivity index (χ0v) is 38.0. The molecule has 10 nitrogen and oxygen atoms in total. The third kappa shape index (κ3) is 7.40. The number of benzene rings is 4. The highest BCUT2D eigenvalue weighted by atomic mass is 17.2. The van der Waals surface area contributed by atoms with Gasteiger partial charge in [-0.05, 0) is 188 Å². The molecule has 0 aromatic heterocycles. The predicted octanol–water partition coefficient (Wildman–Crippen LogP) is 11.7. The van der Waals surface area contributed by atoms with Gasteiger partial charge >= 0.3 is 29.8 Å². The first-order valence-electron chi connectivity index (χ1n) is 23.7. The van der Waals surface area contributed by atoms with Gasteiger partial charge in [0.1, 0.15) is 12.4 Å². The highest BCUT2D eigenvalue weighted by Crippen LogP contribution is 2.70. The number of fused-ring (bicyclic) bond motifs is 7. The molecule has 0 spiro atoms. The molecule has 0 saturated heterocycles. The molecule has 4 aliphatic carbocycles. The molecule has 4 aromatic rings. The number of carbonyl (C=O) groups excluding carboxylic acids is 5. The monoisotopic (exact) mass is 878 g/mol. The molecule has 2 aliphatic heterocycles. The van der Waals surface area contributed by atoms with E-state index in [2.05, 4.69) is 52.8 Å². The molecular formula is C55H58O10. The van der Waals surface area contributed by atoms with Crippen molar-refractivity contribution in [2.45, 2.75) is 111 Å². The van der Waals surface area contributed by atoms with Gasteiger partial charge in [0.2, 0.25) is 0 Å². The Morgan fingerprint density at radius 1 is 0.662 bits per heavy atom. The summed E-state index contributed by atoms with van der Waals surface area (Å²) < 4.78 is 15.5. The van der Waals surface area contributed by atoms with E-state index >= 15 is 0 Å². The molecule has 2 heterocycles. The number of hydrogen-bond donors (Lipinski definition) is 0. The maximum Gasteiger partial charge on any atom is 0.346 e. The van der Waals surface area contributed by atoms with E-state index < -0.39 is 29.8 Å². The van der Waals surface area contributed by atoms with Gasteiger partial charge in [-0.15, -0.1) is 0 Å². The van der Waals surface area contributed by atoms with Crippen LogP contribution in [-0.2, 0) is 26.4 Å². The molecule has 10 rings (SSSR count). The highest BCUT2D eigenvalue weighted by molar-refractivity contribution is 6.16. The zero-order chi connectivity index (χ0) is 45.4. The summed E-state index contributed by atoms with van der Waals surface area (Å²) in [4.78, 5) is 73.3. The average molecular weight is 879 g/mol. The lowest BCUT2D eigenvalue weighted by atomic mass is 9.42. The first-order chi connectivity index (χ1) is 31.2. The van der Waals surface area contributed by atoms with E-state index in [1.165, 1.54) is 63.1 Å². The number of ether oxygens (including phenoxy) is 3. The van der Waals surface area contributed by atoms with E-state index in [1.807, 2.05) is 24.3 Å². The Morgan fingerprint density at radius 3 is 2.09 bits per heavy atom. The van der Waals surface area contributed by atoms with Crippen LogP contribution in [0.3, 0.4) is 0 Å². The Labute approximate surface area is 380 Å². The minimum Gasteiger partial charge on any atom is -0.423 e. The van der Waals surface area contributed by atoms with Crippen molar-refractivity contribution >= 4 is 29.8 Å². The Bertz CT molecular complexity index is 2590. The summed E-state index contributed by atoms with van der Waals surface area (Å²) in [6.07, 6.45) is 12.1. The summed E-state index contributed by atoms with van der Waals surface area (Å²) in [5.74, 6) is 2.54. The van der Waals surface area contributed by atoms with Crippen LogP contribution in [0.5, 0.6) is 11.5 Å². The first-order valence-corrected chi connectivity index (χ1v) is 23.7. The second kappa shape index (κ2) is 16.4. The minimum atomic E-state index is -0.776. The summed E-state index contributed by atoms with van der Waals surface area (Å²) in [6, 6.07) is 25.1. The molecule has 9 unspecified atom stereocenters. The lowest BCUT2D eigenvalue weighted by Gasteiger charge is -2.63. The molecule has 0 radical (unpaired) electrons. The average Bonchev–Trinajstić information content (AvgIpc) is 3.90.